The van der Waals surface area contributed by atoms with E-state index in [1.54, 1.807) is 26.6 Å². The Labute approximate surface area is 188 Å². The monoisotopic (exact) mass is 457 g/mol. The lowest BCUT2D eigenvalue weighted by Crippen LogP contribution is -2.35. The van der Waals surface area contributed by atoms with E-state index in [9.17, 15) is 8.42 Å². The minimum atomic E-state index is -2.53. The molecule has 2 aromatic heterocycles. The van der Waals surface area contributed by atoms with Crippen LogP contribution in [0.1, 0.15) is 19.3 Å². The average molecular weight is 458 g/mol. The van der Waals surface area contributed by atoms with E-state index in [1.807, 2.05) is 24.3 Å². The standard InChI is InChI=1S/C22H27N5O4S/c1-30-19-12-17-18(13-20(19)31-2)25-21(16-4-3-8-23-14-16)26-22(17)27-10-6-15(7-11-27)5-9-24-32(28)29/h3-4,8,12-15,32H,5-7,9-11H2,1-2H3,(H,24,28,29). The molecule has 3 aromatic rings. The van der Waals surface area contributed by atoms with Gasteiger partial charge in [0.2, 0.25) is 10.9 Å². The predicted octanol–water partition coefficient (Wildman–Crippen LogP) is 2.43. The number of rotatable bonds is 8. The van der Waals surface area contributed by atoms with Gasteiger partial charge in [0, 0.05) is 49.0 Å². The van der Waals surface area contributed by atoms with Crippen molar-refractivity contribution in [2.75, 3.05) is 38.8 Å². The van der Waals surface area contributed by atoms with Gasteiger partial charge in [-0.3, -0.25) is 4.98 Å². The second-order valence-corrected chi connectivity index (χ2v) is 8.55. The summed E-state index contributed by atoms with van der Waals surface area (Å²) in [7, 11) is 0.690. The second kappa shape index (κ2) is 10.1. The van der Waals surface area contributed by atoms with Crippen molar-refractivity contribution in [2.45, 2.75) is 19.3 Å². The molecule has 0 bridgehead atoms. The molecule has 170 valence electrons. The van der Waals surface area contributed by atoms with Gasteiger partial charge < -0.3 is 14.4 Å². The Bertz CT molecular complexity index is 1140. The number of nitrogens with zero attached hydrogens (tertiary/aromatic N) is 4. The summed E-state index contributed by atoms with van der Waals surface area (Å²) in [6.07, 6.45) is 6.26. The minimum absolute atomic E-state index is 0.481. The number of piperidine rings is 1. The predicted molar refractivity (Wildman–Crippen MR) is 124 cm³/mol. The van der Waals surface area contributed by atoms with Crippen LogP contribution in [0.2, 0.25) is 0 Å². The maximum absolute atomic E-state index is 10.7. The molecular formula is C22H27N5O4S. The van der Waals surface area contributed by atoms with Gasteiger partial charge in [-0.2, -0.15) is 0 Å². The molecule has 0 saturated carbocycles. The summed E-state index contributed by atoms with van der Waals surface area (Å²) in [6.45, 7) is 2.16. The number of hydrogen-bond donors (Lipinski definition) is 2. The lowest BCUT2D eigenvalue weighted by atomic mass is 9.93. The molecule has 0 spiro atoms. The van der Waals surface area contributed by atoms with Gasteiger partial charge in [0.25, 0.3) is 0 Å². The van der Waals surface area contributed by atoms with E-state index < -0.39 is 10.9 Å². The molecule has 10 heteroatoms. The number of fused-ring (bicyclic) bond motifs is 1. The number of ether oxygens (including phenoxy) is 2. The van der Waals surface area contributed by atoms with Crippen LogP contribution < -0.4 is 19.1 Å². The Morgan fingerprint density at radius 1 is 1.12 bits per heavy atom. The summed E-state index contributed by atoms with van der Waals surface area (Å²) in [5.41, 5.74) is 1.62. The third-order valence-electron chi connectivity index (χ3n) is 5.81. The van der Waals surface area contributed by atoms with Crippen LogP contribution >= 0.6 is 0 Å². The van der Waals surface area contributed by atoms with Crippen molar-refractivity contribution in [3.05, 3.63) is 36.7 Å². The molecule has 0 radical (unpaired) electrons. The number of hydrogen-bond acceptors (Lipinski definition) is 8. The maximum atomic E-state index is 10.7. The highest BCUT2D eigenvalue weighted by molar-refractivity contribution is 7.70. The van der Waals surface area contributed by atoms with E-state index in [4.69, 9.17) is 19.4 Å². The van der Waals surface area contributed by atoms with Crippen LogP contribution in [-0.4, -0.2) is 57.2 Å². The van der Waals surface area contributed by atoms with Gasteiger partial charge >= 0.3 is 0 Å². The number of pyridine rings is 1. The van der Waals surface area contributed by atoms with Crippen molar-refractivity contribution in [1.29, 1.82) is 0 Å². The fourth-order valence-electron chi connectivity index (χ4n) is 4.10. The molecule has 1 fully saturated rings. The number of benzene rings is 1. The molecular weight excluding hydrogens is 430 g/mol. The van der Waals surface area contributed by atoms with Crippen LogP contribution in [0.15, 0.2) is 36.7 Å². The molecule has 0 unspecified atom stereocenters. The highest BCUT2D eigenvalue weighted by Crippen LogP contribution is 2.37. The Kier molecular flexibility index (Phi) is 7.01. The summed E-state index contributed by atoms with van der Waals surface area (Å²) in [4.78, 5) is 16.2. The van der Waals surface area contributed by atoms with E-state index in [-0.39, 0.29) is 0 Å². The van der Waals surface area contributed by atoms with Crippen molar-refractivity contribution in [1.82, 2.24) is 19.7 Å². The molecule has 1 aliphatic heterocycles. The zero-order valence-electron chi connectivity index (χ0n) is 18.2. The second-order valence-electron chi connectivity index (χ2n) is 7.72. The first kappa shape index (κ1) is 22.2. The van der Waals surface area contributed by atoms with Gasteiger partial charge in [-0.25, -0.2) is 23.1 Å². The smallest absolute Gasteiger partial charge is 0.201 e. The van der Waals surface area contributed by atoms with E-state index in [0.29, 0.717) is 29.8 Å². The summed E-state index contributed by atoms with van der Waals surface area (Å²) in [6, 6.07) is 7.62. The molecule has 1 aliphatic rings. The molecule has 0 amide bonds. The van der Waals surface area contributed by atoms with Crippen LogP contribution in [-0.2, 0) is 10.9 Å². The van der Waals surface area contributed by atoms with Gasteiger partial charge in [0.15, 0.2) is 17.3 Å². The number of aromatic nitrogens is 3. The summed E-state index contributed by atoms with van der Waals surface area (Å²) in [5.74, 6) is 3.19. The Morgan fingerprint density at radius 2 is 1.88 bits per heavy atom. The molecule has 4 rings (SSSR count). The normalized spacial score (nSPS) is 14.8. The highest BCUT2D eigenvalue weighted by atomic mass is 32.2. The van der Waals surface area contributed by atoms with Crippen LogP contribution in [0.25, 0.3) is 22.3 Å². The van der Waals surface area contributed by atoms with Gasteiger partial charge in [0.1, 0.15) is 5.82 Å². The van der Waals surface area contributed by atoms with Crippen LogP contribution in [0.4, 0.5) is 5.82 Å². The first-order valence-corrected chi connectivity index (χ1v) is 11.7. The van der Waals surface area contributed by atoms with Crippen LogP contribution in [0.3, 0.4) is 0 Å². The maximum Gasteiger partial charge on any atom is 0.201 e. The average Bonchev–Trinajstić information content (AvgIpc) is 2.83. The SMILES string of the molecule is COc1cc2nc(-c3cccnc3)nc(N3CCC(CCN[SH](=O)=O)CC3)c2cc1OC. The van der Waals surface area contributed by atoms with Crippen molar-refractivity contribution in [2.24, 2.45) is 5.92 Å². The third-order valence-corrected chi connectivity index (χ3v) is 6.29. The Morgan fingerprint density at radius 3 is 2.53 bits per heavy atom. The van der Waals surface area contributed by atoms with Crippen molar-refractivity contribution < 1.29 is 17.9 Å². The van der Waals surface area contributed by atoms with E-state index >= 15 is 0 Å². The third kappa shape index (κ3) is 4.91. The Balaban J connectivity index is 1.67. The van der Waals surface area contributed by atoms with E-state index in [1.165, 1.54) is 0 Å². The largest absolute Gasteiger partial charge is 0.493 e. The van der Waals surface area contributed by atoms with Gasteiger partial charge in [-0.1, -0.05) is 0 Å². The van der Waals surface area contributed by atoms with Gasteiger partial charge in [0.05, 0.1) is 19.7 Å². The zero-order chi connectivity index (χ0) is 22.5. The van der Waals surface area contributed by atoms with Crippen molar-refractivity contribution >= 4 is 27.6 Å². The molecule has 1 N–H and O–H groups in total. The molecule has 32 heavy (non-hydrogen) atoms. The first-order chi connectivity index (χ1) is 15.6. The van der Waals surface area contributed by atoms with Crippen molar-refractivity contribution in [3.63, 3.8) is 0 Å². The van der Waals surface area contributed by atoms with E-state index in [0.717, 1.165) is 54.6 Å². The summed E-state index contributed by atoms with van der Waals surface area (Å²) in [5, 5.41) is 0.902. The molecule has 9 nitrogen and oxygen atoms in total. The number of thiol groups is 1. The number of methoxy groups -OCH3 is 2. The highest BCUT2D eigenvalue weighted by Gasteiger charge is 2.23. The molecule has 1 aromatic carbocycles. The fraction of sp³-hybridized carbons (Fsp3) is 0.409. The molecule has 3 heterocycles. The topological polar surface area (TPSA) is 107 Å². The lowest BCUT2D eigenvalue weighted by molar-refractivity contribution is 0.355. The molecule has 1 saturated heterocycles. The number of anilines is 1. The molecule has 0 aliphatic carbocycles. The quantitative estimate of drug-likeness (QED) is 0.497. The lowest BCUT2D eigenvalue weighted by Gasteiger charge is -2.33. The first-order valence-electron chi connectivity index (χ1n) is 10.6. The van der Waals surface area contributed by atoms with E-state index in [2.05, 4.69) is 14.6 Å². The fourth-order valence-corrected chi connectivity index (χ4v) is 4.41. The van der Waals surface area contributed by atoms with Crippen LogP contribution in [0, 0.1) is 5.92 Å². The zero-order valence-corrected chi connectivity index (χ0v) is 19.0. The van der Waals surface area contributed by atoms with Gasteiger partial charge in [-0.05, 0) is 43.4 Å². The van der Waals surface area contributed by atoms with Crippen molar-refractivity contribution in [3.8, 4) is 22.9 Å². The minimum Gasteiger partial charge on any atom is -0.493 e. The van der Waals surface area contributed by atoms with Gasteiger partial charge in [-0.15, -0.1) is 0 Å². The molecule has 0 atom stereocenters. The Hall–Kier alpha value is -2.98. The number of nitrogens with one attached hydrogen (secondary N) is 1. The summed E-state index contributed by atoms with van der Waals surface area (Å²) < 4.78 is 35.0. The van der Waals surface area contributed by atoms with Crippen LogP contribution in [0.5, 0.6) is 11.5 Å². The summed E-state index contributed by atoms with van der Waals surface area (Å²) >= 11 is 0.